The number of nitro groups is 1. The number of nitrogens with zero attached hydrogens (tertiary/aromatic N) is 2. The second-order valence-corrected chi connectivity index (χ2v) is 6.63. The van der Waals surface area contributed by atoms with Gasteiger partial charge >= 0.3 is 0 Å². The van der Waals surface area contributed by atoms with Gasteiger partial charge in [0.15, 0.2) is 5.09 Å². The maximum atomic E-state index is 10.9. The van der Waals surface area contributed by atoms with Crippen molar-refractivity contribution in [3.8, 4) is 6.07 Å². The van der Waals surface area contributed by atoms with Crippen molar-refractivity contribution in [2.24, 2.45) is 0 Å². The van der Waals surface area contributed by atoms with Crippen LogP contribution in [0, 0.1) is 28.4 Å². The molecule has 0 saturated carbocycles. The van der Waals surface area contributed by atoms with E-state index in [2.05, 4.69) is 6.07 Å². The Morgan fingerprint density at radius 2 is 1.96 bits per heavy atom. The van der Waals surface area contributed by atoms with Gasteiger partial charge in [-0.3, -0.25) is 10.1 Å². The molecule has 0 radical (unpaired) electrons. The maximum Gasteiger partial charge on any atom is 0.270 e. The molecule has 128 valence electrons. The van der Waals surface area contributed by atoms with Crippen molar-refractivity contribution >= 4 is 29.1 Å². The average Bonchev–Trinajstić information content (AvgIpc) is 3.08. The average molecular weight is 362 g/mol. The van der Waals surface area contributed by atoms with E-state index >= 15 is 0 Å². The van der Waals surface area contributed by atoms with E-state index in [1.165, 1.54) is 29.5 Å². The van der Waals surface area contributed by atoms with E-state index in [4.69, 9.17) is 4.42 Å². The molecule has 3 rings (SSSR count). The normalized spacial score (nSPS) is 11.2. The second kappa shape index (κ2) is 7.72. The molecule has 0 bridgehead atoms. The van der Waals surface area contributed by atoms with E-state index in [-0.39, 0.29) is 5.69 Å². The molecule has 6 heteroatoms. The number of hydrogen-bond acceptors (Lipinski definition) is 5. The number of rotatable bonds is 5. The molecule has 0 spiro atoms. The predicted octanol–water partition coefficient (Wildman–Crippen LogP) is 5.71. The molecule has 1 heterocycles. The molecule has 0 aliphatic rings. The van der Waals surface area contributed by atoms with Gasteiger partial charge in [0.25, 0.3) is 5.69 Å². The number of hydrogen-bond donors (Lipinski definition) is 0. The van der Waals surface area contributed by atoms with Crippen LogP contribution >= 0.6 is 11.8 Å². The molecule has 0 aliphatic heterocycles. The molecule has 0 N–H and O–H groups in total. The standard InChI is InChI=1S/C20H14N2O3S/c1-14-5-8-19(9-6-14)26-20-10-7-18(25-20)12-16(13-21)15-3-2-4-17(11-15)22(23)24/h2-12H,1H3/b16-12-. The summed E-state index contributed by atoms with van der Waals surface area (Å²) in [4.78, 5) is 11.5. The molecule has 0 aliphatic carbocycles. The van der Waals surface area contributed by atoms with Gasteiger partial charge in [0.2, 0.25) is 0 Å². The monoisotopic (exact) mass is 362 g/mol. The lowest BCUT2D eigenvalue weighted by atomic mass is 10.1. The van der Waals surface area contributed by atoms with E-state index in [9.17, 15) is 15.4 Å². The van der Waals surface area contributed by atoms with Crippen LogP contribution in [0.25, 0.3) is 11.6 Å². The van der Waals surface area contributed by atoms with Gasteiger partial charge in [-0.15, -0.1) is 0 Å². The summed E-state index contributed by atoms with van der Waals surface area (Å²) >= 11 is 1.49. The zero-order valence-corrected chi connectivity index (χ0v) is 14.7. The van der Waals surface area contributed by atoms with Crippen molar-refractivity contribution in [3.63, 3.8) is 0 Å². The van der Waals surface area contributed by atoms with Crippen molar-refractivity contribution in [1.82, 2.24) is 0 Å². The van der Waals surface area contributed by atoms with E-state index in [1.807, 2.05) is 37.3 Å². The van der Waals surface area contributed by atoms with Gasteiger partial charge in [0, 0.05) is 17.0 Å². The summed E-state index contributed by atoms with van der Waals surface area (Å²) in [5, 5.41) is 21.0. The predicted molar refractivity (Wildman–Crippen MR) is 101 cm³/mol. The summed E-state index contributed by atoms with van der Waals surface area (Å²) in [7, 11) is 0. The molecular formula is C20H14N2O3S. The first kappa shape index (κ1) is 17.5. The van der Waals surface area contributed by atoms with Gasteiger partial charge in [-0.2, -0.15) is 5.26 Å². The summed E-state index contributed by atoms with van der Waals surface area (Å²) in [6, 6.07) is 19.7. The lowest BCUT2D eigenvalue weighted by Crippen LogP contribution is -1.89. The Labute approximate surface area is 154 Å². The van der Waals surface area contributed by atoms with Gasteiger partial charge in [0.05, 0.1) is 16.6 Å². The van der Waals surface area contributed by atoms with Crippen LogP contribution in [0.3, 0.4) is 0 Å². The van der Waals surface area contributed by atoms with Crippen LogP contribution in [0.15, 0.2) is 75.1 Å². The third-order valence-corrected chi connectivity index (χ3v) is 4.55. The van der Waals surface area contributed by atoms with E-state index < -0.39 is 4.92 Å². The van der Waals surface area contributed by atoms with Crippen molar-refractivity contribution in [1.29, 1.82) is 5.26 Å². The SMILES string of the molecule is Cc1ccc(Sc2ccc(/C=C(/C#N)c3cccc([N+](=O)[O-])c3)o2)cc1. The van der Waals surface area contributed by atoms with Gasteiger partial charge < -0.3 is 4.42 Å². The zero-order chi connectivity index (χ0) is 18.5. The summed E-state index contributed by atoms with van der Waals surface area (Å²) in [6.45, 7) is 2.03. The number of benzene rings is 2. The van der Waals surface area contributed by atoms with Crippen LogP contribution in [-0.2, 0) is 0 Å². The van der Waals surface area contributed by atoms with E-state index in [1.54, 1.807) is 24.3 Å². The quantitative estimate of drug-likeness (QED) is 0.330. The molecule has 2 aromatic carbocycles. The highest BCUT2D eigenvalue weighted by atomic mass is 32.2. The first-order valence-electron chi connectivity index (χ1n) is 7.76. The number of furan rings is 1. The lowest BCUT2D eigenvalue weighted by Gasteiger charge is -1.99. The highest BCUT2D eigenvalue weighted by Gasteiger charge is 2.10. The Balaban J connectivity index is 1.83. The molecule has 3 aromatic rings. The Bertz CT molecular complexity index is 1010. The maximum absolute atomic E-state index is 10.9. The van der Waals surface area contributed by atoms with Crippen LogP contribution in [0.2, 0.25) is 0 Å². The minimum Gasteiger partial charge on any atom is -0.450 e. The van der Waals surface area contributed by atoms with E-state index in [0.29, 0.717) is 22.0 Å². The number of nitriles is 1. The summed E-state index contributed by atoms with van der Waals surface area (Å²) < 4.78 is 5.75. The number of nitro benzene ring substituents is 1. The number of allylic oxidation sites excluding steroid dienone is 1. The van der Waals surface area contributed by atoms with Crippen LogP contribution in [0.5, 0.6) is 0 Å². The largest absolute Gasteiger partial charge is 0.450 e. The Morgan fingerprint density at radius 3 is 2.65 bits per heavy atom. The first-order valence-corrected chi connectivity index (χ1v) is 8.58. The molecule has 0 unspecified atom stereocenters. The fourth-order valence-corrected chi connectivity index (χ4v) is 3.08. The molecule has 0 amide bonds. The molecule has 0 atom stereocenters. The molecular weight excluding hydrogens is 348 g/mol. The zero-order valence-electron chi connectivity index (χ0n) is 13.9. The Morgan fingerprint density at radius 1 is 1.19 bits per heavy atom. The smallest absolute Gasteiger partial charge is 0.270 e. The molecule has 0 saturated heterocycles. The Hall–Kier alpha value is -3.30. The van der Waals surface area contributed by atoms with Crippen LogP contribution in [0.4, 0.5) is 5.69 Å². The van der Waals surface area contributed by atoms with Gasteiger partial charge in [-0.05, 0) is 42.8 Å². The van der Waals surface area contributed by atoms with Crippen molar-refractivity contribution in [2.45, 2.75) is 16.9 Å². The van der Waals surface area contributed by atoms with Crippen molar-refractivity contribution in [2.75, 3.05) is 0 Å². The fraction of sp³-hybridized carbons (Fsp3) is 0.0500. The van der Waals surface area contributed by atoms with Gasteiger partial charge in [-0.25, -0.2) is 0 Å². The van der Waals surface area contributed by atoms with Gasteiger partial charge in [-0.1, -0.05) is 41.6 Å². The topological polar surface area (TPSA) is 80.1 Å². The van der Waals surface area contributed by atoms with Crippen LogP contribution in [-0.4, -0.2) is 4.92 Å². The van der Waals surface area contributed by atoms with Gasteiger partial charge in [0.1, 0.15) is 5.76 Å². The minimum atomic E-state index is -0.484. The fourth-order valence-electron chi connectivity index (χ4n) is 2.30. The highest BCUT2D eigenvalue weighted by molar-refractivity contribution is 7.99. The summed E-state index contributed by atoms with van der Waals surface area (Å²) in [5.41, 5.74) is 1.91. The summed E-state index contributed by atoms with van der Waals surface area (Å²) in [5.74, 6) is 0.516. The number of aryl methyl sites for hydroxylation is 1. The minimum absolute atomic E-state index is 0.0567. The summed E-state index contributed by atoms with van der Waals surface area (Å²) in [6.07, 6.45) is 1.58. The van der Waals surface area contributed by atoms with Crippen molar-refractivity contribution in [3.05, 3.63) is 87.7 Å². The highest BCUT2D eigenvalue weighted by Crippen LogP contribution is 2.31. The molecule has 26 heavy (non-hydrogen) atoms. The molecule has 1 aromatic heterocycles. The van der Waals surface area contributed by atoms with E-state index in [0.717, 1.165) is 4.90 Å². The first-order chi connectivity index (χ1) is 12.5. The third-order valence-electron chi connectivity index (χ3n) is 3.62. The Kier molecular flexibility index (Phi) is 5.20. The molecule has 0 fully saturated rings. The molecule has 5 nitrogen and oxygen atoms in total. The van der Waals surface area contributed by atoms with Crippen molar-refractivity contribution < 1.29 is 9.34 Å². The van der Waals surface area contributed by atoms with Crippen LogP contribution < -0.4 is 0 Å². The number of non-ortho nitro benzene ring substituents is 1. The third kappa shape index (κ3) is 4.21. The van der Waals surface area contributed by atoms with Crippen LogP contribution in [0.1, 0.15) is 16.9 Å². The second-order valence-electron chi connectivity index (χ2n) is 5.55. The lowest BCUT2D eigenvalue weighted by molar-refractivity contribution is -0.384.